The number of cyclic esters (lactones) is 2. The lowest BCUT2D eigenvalue weighted by Crippen LogP contribution is -2.31. The van der Waals surface area contributed by atoms with Gasteiger partial charge in [0, 0.05) is 19.3 Å². The molecule has 24 heavy (non-hydrogen) atoms. The minimum absolute atomic E-state index is 0.0755. The van der Waals surface area contributed by atoms with Crippen molar-refractivity contribution >= 4 is 17.9 Å². The summed E-state index contributed by atoms with van der Waals surface area (Å²) in [6.07, 6.45) is 1.95. The second kappa shape index (κ2) is 11.8. The van der Waals surface area contributed by atoms with Crippen molar-refractivity contribution < 1.29 is 28.6 Å². The standard InChI is InChI=1S/C17H29NO6/c1-3-18(4-2)11-7-10-17(21)24-14-12-22-15(19)8-5-6-9-16(20)23-13-14/h14H,3-13H2,1-2H3. The van der Waals surface area contributed by atoms with Gasteiger partial charge in [0.1, 0.15) is 13.2 Å². The van der Waals surface area contributed by atoms with Crippen LogP contribution in [0.15, 0.2) is 0 Å². The first kappa shape index (κ1) is 20.4. The zero-order valence-electron chi connectivity index (χ0n) is 14.8. The highest BCUT2D eigenvalue weighted by Gasteiger charge is 2.20. The van der Waals surface area contributed by atoms with Crippen LogP contribution >= 0.6 is 0 Å². The highest BCUT2D eigenvalue weighted by Crippen LogP contribution is 2.08. The molecule has 0 spiro atoms. The van der Waals surface area contributed by atoms with E-state index in [0.29, 0.717) is 19.3 Å². The van der Waals surface area contributed by atoms with Crippen molar-refractivity contribution in [3.63, 3.8) is 0 Å². The Morgan fingerprint density at radius 3 is 2.12 bits per heavy atom. The number of hydrogen-bond donors (Lipinski definition) is 0. The molecule has 1 aliphatic rings. The molecule has 1 aliphatic heterocycles. The third kappa shape index (κ3) is 8.86. The maximum Gasteiger partial charge on any atom is 0.306 e. The Labute approximate surface area is 143 Å². The molecule has 1 heterocycles. The van der Waals surface area contributed by atoms with Crippen molar-refractivity contribution in [2.75, 3.05) is 32.8 Å². The monoisotopic (exact) mass is 343 g/mol. The molecular formula is C17H29NO6. The average molecular weight is 343 g/mol. The maximum absolute atomic E-state index is 11.9. The summed E-state index contributed by atoms with van der Waals surface area (Å²) in [5.41, 5.74) is 0. The van der Waals surface area contributed by atoms with Crippen molar-refractivity contribution in [2.24, 2.45) is 0 Å². The van der Waals surface area contributed by atoms with E-state index >= 15 is 0 Å². The van der Waals surface area contributed by atoms with Crippen LogP contribution in [-0.4, -0.2) is 61.8 Å². The minimum Gasteiger partial charge on any atom is -0.462 e. The smallest absolute Gasteiger partial charge is 0.306 e. The molecule has 7 heteroatoms. The Morgan fingerprint density at radius 2 is 1.62 bits per heavy atom. The fourth-order valence-electron chi connectivity index (χ4n) is 2.40. The van der Waals surface area contributed by atoms with Crippen LogP contribution in [0.2, 0.25) is 0 Å². The van der Waals surface area contributed by atoms with E-state index in [0.717, 1.165) is 19.6 Å². The van der Waals surface area contributed by atoms with Gasteiger partial charge in [-0.2, -0.15) is 0 Å². The van der Waals surface area contributed by atoms with Crippen LogP contribution < -0.4 is 0 Å². The molecule has 1 rings (SSSR count). The largest absolute Gasteiger partial charge is 0.462 e. The lowest BCUT2D eigenvalue weighted by atomic mass is 10.2. The Morgan fingerprint density at radius 1 is 1.08 bits per heavy atom. The van der Waals surface area contributed by atoms with Gasteiger partial charge in [0.25, 0.3) is 0 Å². The summed E-state index contributed by atoms with van der Waals surface area (Å²) in [7, 11) is 0. The summed E-state index contributed by atoms with van der Waals surface area (Å²) >= 11 is 0. The van der Waals surface area contributed by atoms with Crippen molar-refractivity contribution in [2.45, 2.75) is 58.5 Å². The molecule has 0 unspecified atom stereocenters. The fraction of sp³-hybridized carbons (Fsp3) is 0.824. The van der Waals surface area contributed by atoms with Crippen molar-refractivity contribution in [1.82, 2.24) is 4.90 Å². The molecule has 0 aromatic heterocycles. The minimum atomic E-state index is -0.739. The van der Waals surface area contributed by atoms with Crippen LogP contribution in [0, 0.1) is 0 Å². The van der Waals surface area contributed by atoms with Crippen molar-refractivity contribution in [1.29, 1.82) is 0 Å². The van der Waals surface area contributed by atoms with E-state index in [9.17, 15) is 14.4 Å². The van der Waals surface area contributed by atoms with E-state index in [1.807, 2.05) is 0 Å². The highest BCUT2D eigenvalue weighted by atomic mass is 16.6. The second-order valence-corrected chi connectivity index (χ2v) is 5.82. The number of nitrogens with zero attached hydrogens (tertiary/aromatic N) is 1. The lowest BCUT2D eigenvalue weighted by molar-refractivity contribution is -0.166. The van der Waals surface area contributed by atoms with Crippen molar-refractivity contribution in [3.05, 3.63) is 0 Å². The normalized spacial score (nSPS) is 17.8. The number of rotatable bonds is 7. The zero-order valence-corrected chi connectivity index (χ0v) is 14.8. The van der Waals surface area contributed by atoms with Gasteiger partial charge >= 0.3 is 17.9 Å². The van der Waals surface area contributed by atoms with Crippen LogP contribution in [0.3, 0.4) is 0 Å². The Bertz CT molecular complexity index is 386. The predicted molar refractivity (Wildman–Crippen MR) is 87.3 cm³/mol. The molecule has 0 aliphatic carbocycles. The van der Waals surface area contributed by atoms with E-state index in [4.69, 9.17) is 14.2 Å². The van der Waals surface area contributed by atoms with Gasteiger partial charge in [0.05, 0.1) is 0 Å². The Hall–Kier alpha value is -1.63. The molecule has 0 amide bonds. The number of carbonyl (C=O) groups is 3. The van der Waals surface area contributed by atoms with E-state index in [1.54, 1.807) is 0 Å². The third-order valence-corrected chi connectivity index (χ3v) is 3.92. The maximum atomic E-state index is 11.9. The fourth-order valence-corrected chi connectivity index (χ4v) is 2.40. The third-order valence-electron chi connectivity index (χ3n) is 3.92. The molecule has 0 aromatic rings. The molecular weight excluding hydrogens is 314 g/mol. The van der Waals surface area contributed by atoms with Gasteiger partial charge < -0.3 is 19.1 Å². The van der Waals surface area contributed by atoms with Crippen LogP contribution in [0.5, 0.6) is 0 Å². The highest BCUT2D eigenvalue weighted by molar-refractivity contribution is 5.71. The van der Waals surface area contributed by atoms with Gasteiger partial charge in [0.15, 0.2) is 6.10 Å². The Balaban J connectivity index is 2.41. The van der Waals surface area contributed by atoms with Gasteiger partial charge in [0.2, 0.25) is 0 Å². The van der Waals surface area contributed by atoms with E-state index < -0.39 is 6.10 Å². The molecule has 0 aromatic carbocycles. The van der Waals surface area contributed by atoms with Gasteiger partial charge in [-0.15, -0.1) is 0 Å². The van der Waals surface area contributed by atoms with Gasteiger partial charge in [-0.25, -0.2) is 0 Å². The lowest BCUT2D eigenvalue weighted by Gasteiger charge is -2.19. The van der Waals surface area contributed by atoms with Crippen LogP contribution in [0.25, 0.3) is 0 Å². The van der Waals surface area contributed by atoms with Gasteiger partial charge in [-0.1, -0.05) is 13.8 Å². The van der Waals surface area contributed by atoms with E-state index in [1.165, 1.54) is 0 Å². The first-order valence-corrected chi connectivity index (χ1v) is 8.78. The predicted octanol–water partition coefficient (Wildman–Crippen LogP) is 1.68. The van der Waals surface area contributed by atoms with Gasteiger partial charge in [-0.3, -0.25) is 14.4 Å². The number of esters is 3. The first-order valence-electron chi connectivity index (χ1n) is 8.78. The summed E-state index contributed by atoms with van der Waals surface area (Å²) in [4.78, 5) is 37.2. The summed E-state index contributed by atoms with van der Waals surface area (Å²) in [5.74, 6) is -1.05. The van der Waals surface area contributed by atoms with Crippen LogP contribution in [0.4, 0.5) is 0 Å². The second-order valence-electron chi connectivity index (χ2n) is 5.82. The van der Waals surface area contributed by atoms with Crippen LogP contribution in [-0.2, 0) is 28.6 Å². The summed E-state index contributed by atoms with van der Waals surface area (Å²) in [6, 6.07) is 0. The van der Waals surface area contributed by atoms with E-state index in [-0.39, 0.29) is 50.4 Å². The molecule has 0 atom stereocenters. The number of ether oxygens (including phenoxy) is 3. The molecule has 1 fully saturated rings. The van der Waals surface area contributed by atoms with Crippen molar-refractivity contribution in [3.8, 4) is 0 Å². The van der Waals surface area contributed by atoms with Crippen LogP contribution in [0.1, 0.15) is 52.4 Å². The quantitative estimate of drug-likeness (QED) is 0.514. The first-order chi connectivity index (χ1) is 11.5. The number of carbonyl (C=O) groups excluding carboxylic acids is 3. The molecule has 0 saturated carbocycles. The average Bonchev–Trinajstić information content (AvgIpc) is 2.60. The summed E-state index contributed by atoms with van der Waals surface area (Å²) in [6.45, 7) is 6.72. The molecule has 0 N–H and O–H groups in total. The topological polar surface area (TPSA) is 82.1 Å². The van der Waals surface area contributed by atoms with E-state index in [2.05, 4.69) is 18.7 Å². The SMILES string of the molecule is CCN(CC)CCCC(=O)OC1COC(=O)CCCCC(=O)OC1. The molecule has 1 saturated heterocycles. The molecule has 7 nitrogen and oxygen atoms in total. The summed E-state index contributed by atoms with van der Waals surface area (Å²) < 4.78 is 15.5. The van der Waals surface area contributed by atoms with Gasteiger partial charge in [-0.05, 0) is 38.9 Å². The summed E-state index contributed by atoms with van der Waals surface area (Å²) in [5, 5.41) is 0. The zero-order chi connectivity index (χ0) is 17.8. The molecule has 138 valence electrons. The molecule has 0 bridgehead atoms. The molecule has 0 radical (unpaired) electrons. The number of hydrogen-bond acceptors (Lipinski definition) is 7. The Kier molecular flexibility index (Phi) is 10.1.